The van der Waals surface area contributed by atoms with Crippen molar-refractivity contribution in [2.24, 2.45) is 11.8 Å². The summed E-state index contributed by atoms with van der Waals surface area (Å²) in [5.74, 6) is 1.95. The number of nitrogens with one attached hydrogen (secondary N) is 1. The lowest BCUT2D eigenvalue weighted by atomic mass is 9.89. The fraction of sp³-hybridized carbons (Fsp3) is 1.00. The first-order valence-electron chi connectivity index (χ1n) is 7.23. The van der Waals surface area contributed by atoms with Gasteiger partial charge in [0, 0.05) is 13.2 Å². The van der Waals surface area contributed by atoms with Crippen molar-refractivity contribution in [3.05, 3.63) is 0 Å². The van der Waals surface area contributed by atoms with Gasteiger partial charge < -0.3 is 10.1 Å². The van der Waals surface area contributed by atoms with Crippen molar-refractivity contribution in [2.45, 2.75) is 51.4 Å². The molecule has 94 valence electrons. The molecule has 2 rings (SSSR count). The zero-order valence-corrected chi connectivity index (χ0v) is 10.5. The van der Waals surface area contributed by atoms with E-state index in [0.29, 0.717) is 0 Å². The predicted octanol–water partition coefficient (Wildman–Crippen LogP) is 2.97. The second-order valence-electron chi connectivity index (χ2n) is 5.55. The summed E-state index contributed by atoms with van der Waals surface area (Å²) in [6, 6.07) is 0. The molecule has 0 heterocycles. The summed E-state index contributed by atoms with van der Waals surface area (Å²) in [7, 11) is 0. The summed E-state index contributed by atoms with van der Waals surface area (Å²) >= 11 is 0. The van der Waals surface area contributed by atoms with Crippen LogP contribution < -0.4 is 5.32 Å². The van der Waals surface area contributed by atoms with Gasteiger partial charge in [-0.2, -0.15) is 0 Å². The van der Waals surface area contributed by atoms with Crippen molar-refractivity contribution in [3.63, 3.8) is 0 Å². The standard InChI is InChI=1S/C14H27NO/c1-2-4-14(5-3-1)12-15-9-11-16-10-8-13-6-7-13/h13-15H,1-12H2. The maximum atomic E-state index is 5.61. The van der Waals surface area contributed by atoms with Gasteiger partial charge in [0.05, 0.1) is 6.61 Å². The zero-order valence-electron chi connectivity index (χ0n) is 10.5. The molecule has 0 atom stereocenters. The fourth-order valence-corrected chi connectivity index (χ4v) is 2.60. The van der Waals surface area contributed by atoms with Crippen molar-refractivity contribution >= 4 is 0 Å². The van der Waals surface area contributed by atoms with Gasteiger partial charge in [-0.3, -0.25) is 0 Å². The van der Waals surface area contributed by atoms with Crippen LogP contribution >= 0.6 is 0 Å². The Hall–Kier alpha value is -0.0800. The summed E-state index contributed by atoms with van der Waals surface area (Å²) in [5.41, 5.74) is 0. The normalized spacial score (nSPS) is 22.5. The van der Waals surface area contributed by atoms with Gasteiger partial charge in [0.1, 0.15) is 0 Å². The van der Waals surface area contributed by atoms with E-state index in [-0.39, 0.29) is 0 Å². The lowest BCUT2D eigenvalue weighted by Gasteiger charge is -2.21. The molecular formula is C14H27NO. The van der Waals surface area contributed by atoms with Gasteiger partial charge in [-0.25, -0.2) is 0 Å². The van der Waals surface area contributed by atoms with E-state index in [1.807, 2.05) is 0 Å². The highest BCUT2D eigenvalue weighted by Gasteiger charge is 2.20. The Balaban J connectivity index is 1.33. The Kier molecular flexibility index (Phi) is 5.64. The lowest BCUT2D eigenvalue weighted by molar-refractivity contribution is 0.128. The Morgan fingerprint density at radius 1 is 0.875 bits per heavy atom. The predicted molar refractivity (Wildman–Crippen MR) is 67.6 cm³/mol. The number of rotatable bonds is 8. The Morgan fingerprint density at radius 2 is 1.69 bits per heavy atom. The summed E-state index contributed by atoms with van der Waals surface area (Å²) in [4.78, 5) is 0. The molecule has 0 unspecified atom stereocenters. The van der Waals surface area contributed by atoms with E-state index in [0.717, 1.165) is 31.6 Å². The second kappa shape index (κ2) is 7.29. The molecule has 0 spiro atoms. The van der Waals surface area contributed by atoms with E-state index in [4.69, 9.17) is 4.74 Å². The minimum Gasteiger partial charge on any atom is -0.380 e. The largest absolute Gasteiger partial charge is 0.380 e. The van der Waals surface area contributed by atoms with Gasteiger partial charge >= 0.3 is 0 Å². The average molecular weight is 225 g/mol. The number of hydrogen-bond acceptors (Lipinski definition) is 2. The average Bonchev–Trinajstić information content (AvgIpc) is 3.13. The third-order valence-corrected chi connectivity index (χ3v) is 3.95. The highest BCUT2D eigenvalue weighted by atomic mass is 16.5. The van der Waals surface area contributed by atoms with Gasteiger partial charge in [-0.05, 0) is 37.6 Å². The molecule has 0 radical (unpaired) electrons. The molecule has 0 aromatic carbocycles. The van der Waals surface area contributed by atoms with E-state index in [2.05, 4.69) is 5.32 Å². The monoisotopic (exact) mass is 225 g/mol. The lowest BCUT2D eigenvalue weighted by Crippen LogP contribution is -2.27. The van der Waals surface area contributed by atoms with E-state index in [1.165, 1.54) is 57.9 Å². The van der Waals surface area contributed by atoms with Gasteiger partial charge in [0.2, 0.25) is 0 Å². The molecule has 2 fully saturated rings. The van der Waals surface area contributed by atoms with E-state index in [1.54, 1.807) is 0 Å². The molecule has 0 saturated heterocycles. The molecule has 0 aromatic rings. The Labute approximate surface area is 100 Å². The Bertz CT molecular complexity index is 174. The van der Waals surface area contributed by atoms with Crippen molar-refractivity contribution < 1.29 is 4.74 Å². The molecule has 2 aliphatic rings. The molecule has 1 N–H and O–H groups in total. The van der Waals surface area contributed by atoms with Crippen LogP contribution in [0.2, 0.25) is 0 Å². The van der Waals surface area contributed by atoms with Crippen LogP contribution in [0.1, 0.15) is 51.4 Å². The van der Waals surface area contributed by atoms with Crippen LogP contribution in [0.5, 0.6) is 0 Å². The highest BCUT2D eigenvalue weighted by Crippen LogP contribution is 2.32. The zero-order chi connectivity index (χ0) is 11.1. The van der Waals surface area contributed by atoms with Crippen molar-refractivity contribution in [1.82, 2.24) is 5.32 Å². The summed E-state index contributed by atoms with van der Waals surface area (Å²) in [6.07, 6.45) is 11.4. The van der Waals surface area contributed by atoms with Crippen molar-refractivity contribution in [2.75, 3.05) is 26.3 Å². The van der Waals surface area contributed by atoms with Crippen LogP contribution in [-0.4, -0.2) is 26.3 Å². The minimum atomic E-state index is 0.902. The molecule has 0 bridgehead atoms. The van der Waals surface area contributed by atoms with Crippen LogP contribution in [0.4, 0.5) is 0 Å². The van der Waals surface area contributed by atoms with Crippen LogP contribution in [0.15, 0.2) is 0 Å². The first kappa shape index (κ1) is 12.4. The summed E-state index contributed by atoms with van der Waals surface area (Å²) in [6.45, 7) is 4.14. The van der Waals surface area contributed by atoms with Crippen LogP contribution in [-0.2, 0) is 4.74 Å². The maximum absolute atomic E-state index is 5.61. The van der Waals surface area contributed by atoms with Crippen LogP contribution in [0.3, 0.4) is 0 Å². The first-order chi connectivity index (χ1) is 7.95. The number of ether oxygens (including phenoxy) is 1. The molecule has 2 nitrogen and oxygen atoms in total. The van der Waals surface area contributed by atoms with Crippen LogP contribution in [0.25, 0.3) is 0 Å². The summed E-state index contributed by atoms with van der Waals surface area (Å²) < 4.78 is 5.61. The first-order valence-corrected chi connectivity index (χ1v) is 7.23. The van der Waals surface area contributed by atoms with Gasteiger partial charge in [0.25, 0.3) is 0 Å². The summed E-state index contributed by atoms with van der Waals surface area (Å²) in [5, 5.41) is 3.53. The van der Waals surface area contributed by atoms with Gasteiger partial charge in [-0.15, -0.1) is 0 Å². The maximum Gasteiger partial charge on any atom is 0.0590 e. The Morgan fingerprint density at radius 3 is 2.44 bits per heavy atom. The van der Waals surface area contributed by atoms with Crippen molar-refractivity contribution in [3.8, 4) is 0 Å². The topological polar surface area (TPSA) is 21.3 Å². The molecule has 2 aliphatic carbocycles. The third-order valence-electron chi connectivity index (χ3n) is 3.95. The quantitative estimate of drug-likeness (QED) is 0.641. The molecule has 0 aromatic heterocycles. The van der Waals surface area contributed by atoms with Gasteiger partial charge in [0.15, 0.2) is 0 Å². The molecule has 2 heteroatoms. The van der Waals surface area contributed by atoms with Crippen molar-refractivity contribution in [1.29, 1.82) is 0 Å². The third kappa shape index (κ3) is 5.31. The van der Waals surface area contributed by atoms with Gasteiger partial charge in [-0.1, -0.05) is 32.1 Å². The molecule has 16 heavy (non-hydrogen) atoms. The highest BCUT2D eigenvalue weighted by molar-refractivity contribution is 4.72. The molecule has 2 saturated carbocycles. The van der Waals surface area contributed by atoms with E-state index in [9.17, 15) is 0 Å². The van der Waals surface area contributed by atoms with E-state index < -0.39 is 0 Å². The molecule has 0 aliphatic heterocycles. The fourth-order valence-electron chi connectivity index (χ4n) is 2.60. The smallest absolute Gasteiger partial charge is 0.0590 e. The SMILES string of the molecule is C1CCC(CNCCOCCC2CC2)CC1. The van der Waals surface area contributed by atoms with E-state index >= 15 is 0 Å². The minimum absolute atomic E-state index is 0.902. The van der Waals surface area contributed by atoms with Crippen LogP contribution in [0, 0.1) is 11.8 Å². The second-order valence-corrected chi connectivity index (χ2v) is 5.55. The molecular weight excluding hydrogens is 198 g/mol. The molecule has 0 amide bonds. The number of hydrogen-bond donors (Lipinski definition) is 1.